The zero-order chi connectivity index (χ0) is 19.5. The molecule has 0 radical (unpaired) electrons. The normalized spacial score (nSPS) is 14.2. The minimum Gasteiger partial charge on any atom is -0.454 e. The number of hydrogen-bond donors (Lipinski definition) is 1. The summed E-state index contributed by atoms with van der Waals surface area (Å²) in [5.74, 6) is -0.230. The maximum absolute atomic E-state index is 12.7. The van der Waals surface area contributed by atoms with Gasteiger partial charge in [-0.2, -0.15) is 0 Å². The van der Waals surface area contributed by atoms with Crippen LogP contribution >= 0.6 is 0 Å². The van der Waals surface area contributed by atoms with Gasteiger partial charge in [0.2, 0.25) is 5.78 Å². The molecule has 0 saturated carbocycles. The summed E-state index contributed by atoms with van der Waals surface area (Å²) in [5, 5.41) is 0.830. The maximum Gasteiger partial charge on any atom is 0.342 e. The molecule has 0 spiro atoms. The van der Waals surface area contributed by atoms with Crippen LogP contribution in [0.1, 0.15) is 26.4 Å². The number of benzene rings is 1. The lowest BCUT2D eigenvalue weighted by atomic mass is 10.1. The molecule has 1 aromatic carbocycles. The van der Waals surface area contributed by atoms with E-state index < -0.39 is 5.97 Å². The predicted octanol–water partition coefficient (Wildman–Crippen LogP) is 2.75. The maximum atomic E-state index is 12.7. The summed E-state index contributed by atoms with van der Waals surface area (Å²) in [5.41, 5.74) is 2.56. The molecule has 144 valence electrons. The molecule has 1 fully saturated rings. The number of Topliss-reactive ketones (excluding diaryl/α,β-unsaturated/α-hetero) is 1. The highest BCUT2D eigenvalue weighted by Crippen LogP contribution is 2.23. The molecule has 0 atom stereocenters. The largest absolute Gasteiger partial charge is 0.454 e. The minimum absolute atomic E-state index is 0.236. The highest BCUT2D eigenvalue weighted by Gasteiger charge is 2.23. The van der Waals surface area contributed by atoms with Crippen LogP contribution in [0.2, 0.25) is 0 Å². The van der Waals surface area contributed by atoms with Crippen molar-refractivity contribution in [3.8, 4) is 0 Å². The Balaban J connectivity index is 1.50. The average Bonchev–Trinajstić information content (AvgIpc) is 3.08. The van der Waals surface area contributed by atoms with E-state index in [0.29, 0.717) is 43.2 Å². The Morgan fingerprint density at radius 1 is 1.18 bits per heavy atom. The van der Waals surface area contributed by atoms with Gasteiger partial charge in [-0.25, -0.2) is 9.78 Å². The highest BCUT2D eigenvalue weighted by atomic mass is 16.5. The standard InChI is InChI=1S/C21H21N3O4/c1-14-19(15-5-2-3-7-17(15)23-14)18(25)13-28-21(26)16-6-4-8-22-20(16)24-9-11-27-12-10-24/h2-8,23H,9-13H2,1H3. The topological polar surface area (TPSA) is 84.5 Å². The van der Waals surface area contributed by atoms with E-state index in [4.69, 9.17) is 9.47 Å². The second kappa shape index (κ2) is 7.82. The number of pyridine rings is 1. The van der Waals surface area contributed by atoms with Gasteiger partial charge in [-0.05, 0) is 25.1 Å². The number of nitrogens with zero attached hydrogens (tertiary/aromatic N) is 2. The molecule has 3 heterocycles. The lowest BCUT2D eigenvalue weighted by Gasteiger charge is -2.28. The molecule has 7 nitrogen and oxygen atoms in total. The van der Waals surface area contributed by atoms with Gasteiger partial charge >= 0.3 is 5.97 Å². The number of fused-ring (bicyclic) bond motifs is 1. The van der Waals surface area contributed by atoms with Crippen molar-refractivity contribution in [1.82, 2.24) is 9.97 Å². The summed E-state index contributed by atoms with van der Waals surface area (Å²) in [6.45, 7) is 4.01. The van der Waals surface area contributed by atoms with Gasteiger partial charge in [0, 0.05) is 41.4 Å². The van der Waals surface area contributed by atoms with E-state index in [1.807, 2.05) is 36.1 Å². The van der Waals surface area contributed by atoms with Crippen LogP contribution in [0.4, 0.5) is 5.82 Å². The molecular formula is C21H21N3O4. The molecule has 2 aromatic heterocycles. The lowest BCUT2D eigenvalue weighted by Crippen LogP contribution is -2.37. The summed E-state index contributed by atoms with van der Waals surface area (Å²) in [6, 6.07) is 10.9. The molecule has 1 N–H and O–H groups in total. The van der Waals surface area contributed by atoms with Crippen LogP contribution in [-0.2, 0) is 9.47 Å². The number of aromatic amines is 1. The number of rotatable bonds is 5. The molecule has 7 heteroatoms. The third kappa shape index (κ3) is 3.48. The number of anilines is 1. The van der Waals surface area contributed by atoms with E-state index in [2.05, 4.69) is 9.97 Å². The number of ketones is 1. The van der Waals surface area contributed by atoms with Gasteiger partial charge < -0.3 is 19.4 Å². The van der Waals surface area contributed by atoms with E-state index >= 15 is 0 Å². The first-order valence-electron chi connectivity index (χ1n) is 9.20. The fraction of sp³-hybridized carbons (Fsp3) is 0.286. The van der Waals surface area contributed by atoms with Crippen molar-refractivity contribution >= 4 is 28.5 Å². The van der Waals surface area contributed by atoms with Gasteiger partial charge in [-0.15, -0.1) is 0 Å². The van der Waals surface area contributed by atoms with Crippen molar-refractivity contribution in [1.29, 1.82) is 0 Å². The van der Waals surface area contributed by atoms with Crippen LogP contribution in [0.25, 0.3) is 10.9 Å². The average molecular weight is 379 g/mol. The fourth-order valence-electron chi connectivity index (χ4n) is 3.50. The Labute approximate surface area is 162 Å². The number of H-pyrrole nitrogens is 1. The molecular weight excluding hydrogens is 358 g/mol. The van der Waals surface area contributed by atoms with Crippen molar-refractivity contribution < 1.29 is 19.1 Å². The molecule has 1 aliphatic rings. The molecule has 28 heavy (non-hydrogen) atoms. The number of aryl methyl sites for hydroxylation is 1. The van der Waals surface area contributed by atoms with Crippen LogP contribution in [0.3, 0.4) is 0 Å². The van der Waals surface area contributed by atoms with Gasteiger partial charge in [-0.3, -0.25) is 4.79 Å². The number of aromatic nitrogens is 2. The first-order chi connectivity index (χ1) is 13.6. The third-order valence-electron chi connectivity index (χ3n) is 4.82. The first kappa shape index (κ1) is 18.2. The quantitative estimate of drug-likeness (QED) is 0.542. The van der Waals surface area contributed by atoms with Gasteiger partial charge in [0.05, 0.1) is 13.2 Å². The van der Waals surface area contributed by atoms with E-state index in [0.717, 1.165) is 16.6 Å². The lowest BCUT2D eigenvalue weighted by molar-refractivity contribution is 0.0474. The van der Waals surface area contributed by atoms with Crippen LogP contribution in [0, 0.1) is 6.92 Å². The van der Waals surface area contributed by atoms with Crippen molar-refractivity contribution in [3.63, 3.8) is 0 Å². The Morgan fingerprint density at radius 2 is 1.96 bits per heavy atom. The summed E-state index contributed by atoms with van der Waals surface area (Å²) in [7, 11) is 0. The van der Waals surface area contributed by atoms with Gasteiger partial charge in [-0.1, -0.05) is 18.2 Å². The number of carbonyl (C=O) groups excluding carboxylic acids is 2. The van der Waals surface area contributed by atoms with E-state index in [1.165, 1.54) is 0 Å². The van der Waals surface area contributed by atoms with Gasteiger partial charge in [0.15, 0.2) is 6.61 Å². The first-order valence-corrected chi connectivity index (χ1v) is 9.20. The van der Waals surface area contributed by atoms with Crippen molar-refractivity contribution in [3.05, 3.63) is 59.4 Å². The monoisotopic (exact) mass is 379 g/mol. The van der Waals surface area contributed by atoms with Crippen LogP contribution < -0.4 is 4.90 Å². The van der Waals surface area contributed by atoms with Crippen LogP contribution in [-0.4, -0.2) is 54.6 Å². The van der Waals surface area contributed by atoms with Crippen molar-refractivity contribution in [2.24, 2.45) is 0 Å². The number of para-hydroxylation sites is 1. The highest BCUT2D eigenvalue weighted by molar-refractivity contribution is 6.10. The second-order valence-electron chi connectivity index (χ2n) is 6.64. The van der Waals surface area contributed by atoms with E-state index in [9.17, 15) is 9.59 Å². The Bertz CT molecular complexity index is 1020. The smallest absolute Gasteiger partial charge is 0.342 e. The van der Waals surface area contributed by atoms with Crippen LogP contribution in [0.5, 0.6) is 0 Å². The predicted molar refractivity (Wildman–Crippen MR) is 105 cm³/mol. The molecule has 4 rings (SSSR count). The van der Waals surface area contributed by atoms with Gasteiger partial charge in [0.1, 0.15) is 11.4 Å². The van der Waals surface area contributed by atoms with E-state index in [1.54, 1.807) is 18.3 Å². The SMILES string of the molecule is Cc1[nH]c2ccccc2c1C(=O)COC(=O)c1cccnc1N1CCOCC1. The van der Waals surface area contributed by atoms with Crippen molar-refractivity contribution in [2.45, 2.75) is 6.92 Å². The summed E-state index contributed by atoms with van der Waals surface area (Å²) in [4.78, 5) is 34.9. The number of carbonyl (C=O) groups is 2. The minimum atomic E-state index is -0.555. The summed E-state index contributed by atoms with van der Waals surface area (Å²) in [6.07, 6.45) is 1.64. The number of morpholine rings is 1. The summed E-state index contributed by atoms with van der Waals surface area (Å²) >= 11 is 0. The number of hydrogen-bond acceptors (Lipinski definition) is 6. The van der Waals surface area contributed by atoms with Gasteiger partial charge in [0.25, 0.3) is 0 Å². The molecule has 0 amide bonds. The third-order valence-corrected chi connectivity index (χ3v) is 4.82. The van der Waals surface area contributed by atoms with E-state index in [-0.39, 0.29) is 12.4 Å². The summed E-state index contributed by atoms with van der Waals surface area (Å²) < 4.78 is 10.7. The molecule has 0 unspecified atom stereocenters. The number of nitrogens with one attached hydrogen (secondary N) is 1. The second-order valence-corrected chi connectivity index (χ2v) is 6.64. The molecule has 0 bridgehead atoms. The zero-order valence-electron chi connectivity index (χ0n) is 15.6. The molecule has 0 aliphatic carbocycles. The molecule has 1 aliphatic heterocycles. The molecule has 3 aromatic rings. The van der Waals surface area contributed by atoms with Crippen LogP contribution in [0.15, 0.2) is 42.6 Å². The number of esters is 1. The molecule has 1 saturated heterocycles. The fourth-order valence-corrected chi connectivity index (χ4v) is 3.50. The van der Waals surface area contributed by atoms with Crippen molar-refractivity contribution in [2.75, 3.05) is 37.8 Å². The Hall–Kier alpha value is -3.19. The number of ether oxygens (including phenoxy) is 2. The Morgan fingerprint density at radius 3 is 2.79 bits per heavy atom. The zero-order valence-corrected chi connectivity index (χ0v) is 15.6. The Kier molecular flexibility index (Phi) is 5.08.